The number of carbonyl (C=O) groups excluding carboxylic acids is 1. The number of aryl methyl sites for hydroxylation is 1. The second kappa shape index (κ2) is 5.15. The van der Waals surface area contributed by atoms with Crippen LogP contribution in [-0.4, -0.2) is 10.8 Å². The quantitative estimate of drug-likeness (QED) is 0.613. The molecule has 1 heterocycles. The van der Waals surface area contributed by atoms with Gasteiger partial charge >= 0.3 is 18.2 Å². The lowest BCUT2D eigenvalue weighted by atomic mass is 10.0. The van der Waals surface area contributed by atoms with Crippen molar-refractivity contribution in [3.63, 3.8) is 0 Å². The molecule has 2 aromatic rings. The van der Waals surface area contributed by atoms with Crippen LogP contribution < -0.4 is 0 Å². The lowest BCUT2D eigenvalue weighted by molar-refractivity contribution is -0.157. The highest BCUT2D eigenvalue weighted by molar-refractivity contribution is 6.07. The Kier molecular flexibility index (Phi) is 3.76. The summed E-state index contributed by atoms with van der Waals surface area (Å²) < 4.78 is 79.4. The zero-order chi connectivity index (χ0) is 16.7. The van der Waals surface area contributed by atoms with Crippen molar-refractivity contribution in [2.45, 2.75) is 19.3 Å². The second-order valence-corrected chi connectivity index (χ2v) is 4.34. The highest BCUT2D eigenvalue weighted by Crippen LogP contribution is 2.32. The molecule has 1 aromatic heterocycles. The fourth-order valence-electron chi connectivity index (χ4n) is 1.70. The molecule has 9 heteroatoms. The van der Waals surface area contributed by atoms with Crippen molar-refractivity contribution in [3.8, 4) is 0 Å². The summed E-state index contributed by atoms with van der Waals surface area (Å²) in [6, 6.07) is 3.31. The summed E-state index contributed by atoms with van der Waals surface area (Å²) in [6.45, 7) is 1.10. The van der Waals surface area contributed by atoms with Gasteiger partial charge in [0.2, 0.25) is 5.78 Å². The van der Waals surface area contributed by atoms with E-state index < -0.39 is 40.9 Å². The summed E-state index contributed by atoms with van der Waals surface area (Å²) in [5, 5.41) is 0. The van der Waals surface area contributed by atoms with E-state index >= 15 is 0 Å². The number of oxazole rings is 1. The van der Waals surface area contributed by atoms with Gasteiger partial charge in [-0.3, -0.25) is 4.79 Å². The minimum absolute atomic E-state index is 0.352. The first-order chi connectivity index (χ1) is 10.00. The predicted octanol–water partition coefficient (Wildman–Crippen LogP) is 4.25. The van der Waals surface area contributed by atoms with Crippen LogP contribution in [0, 0.1) is 6.92 Å². The van der Waals surface area contributed by atoms with Gasteiger partial charge in [0.15, 0.2) is 5.76 Å². The SMILES string of the molecule is Cc1nc(C(F)(F)F)oc1C(=O)c1cccc(C(F)(F)F)c1. The molecule has 0 saturated heterocycles. The first kappa shape index (κ1) is 16.1. The first-order valence-corrected chi connectivity index (χ1v) is 5.76. The van der Waals surface area contributed by atoms with Gasteiger partial charge in [-0.05, 0) is 19.1 Å². The third kappa shape index (κ3) is 3.12. The third-order valence-corrected chi connectivity index (χ3v) is 2.70. The Balaban J connectivity index is 2.43. The molecule has 0 saturated carbocycles. The topological polar surface area (TPSA) is 43.1 Å². The van der Waals surface area contributed by atoms with Crippen LogP contribution >= 0.6 is 0 Å². The van der Waals surface area contributed by atoms with Gasteiger partial charge in [0.1, 0.15) is 0 Å². The molecule has 0 unspecified atom stereocenters. The Labute approximate surface area is 119 Å². The predicted molar refractivity (Wildman–Crippen MR) is 61.1 cm³/mol. The maximum atomic E-state index is 12.6. The fraction of sp³-hybridized carbons (Fsp3) is 0.231. The molecule has 22 heavy (non-hydrogen) atoms. The van der Waals surface area contributed by atoms with Crippen LogP contribution in [0.15, 0.2) is 28.7 Å². The summed E-state index contributed by atoms with van der Waals surface area (Å²) in [4.78, 5) is 15.1. The zero-order valence-electron chi connectivity index (χ0n) is 10.8. The van der Waals surface area contributed by atoms with Gasteiger partial charge in [0, 0.05) is 5.56 Å². The van der Waals surface area contributed by atoms with E-state index in [-0.39, 0.29) is 5.69 Å². The minimum atomic E-state index is -4.89. The Morgan fingerprint density at radius 3 is 2.23 bits per heavy atom. The minimum Gasteiger partial charge on any atom is -0.429 e. The molecule has 118 valence electrons. The van der Waals surface area contributed by atoms with Gasteiger partial charge in [-0.2, -0.15) is 26.3 Å². The van der Waals surface area contributed by atoms with E-state index in [9.17, 15) is 31.1 Å². The highest BCUT2D eigenvalue weighted by Gasteiger charge is 2.39. The number of ketones is 1. The number of rotatable bonds is 2. The lowest BCUT2D eigenvalue weighted by Crippen LogP contribution is -2.08. The maximum absolute atomic E-state index is 12.6. The van der Waals surface area contributed by atoms with E-state index in [2.05, 4.69) is 9.40 Å². The molecule has 0 aliphatic rings. The Hall–Kier alpha value is -2.32. The molecule has 0 spiro atoms. The van der Waals surface area contributed by atoms with E-state index in [1.165, 1.54) is 0 Å². The van der Waals surface area contributed by atoms with Crippen LogP contribution in [0.3, 0.4) is 0 Å². The Morgan fingerprint density at radius 1 is 1.09 bits per heavy atom. The molecule has 0 aliphatic heterocycles. The first-order valence-electron chi connectivity index (χ1n) is 5.76. The molecule has 1 aromatic carbocycles. The number of alkyl halides is 6. The standard InChI is InChI=1S/C13H7F6NO2/c1-6-10(22-11(20-6)13(17,18)19)9(21)7-3-2-4-8(5-7)12(14,15)16/h2-5H,1H3. The Morgan fingerprint density at radius 2 is 1.73 bits per heavy atom. The second-order valence-electron chi connectivity index (χ2n) is 4.34. The average Bonchev–Trinajstić information content (AvgIpc) is 2.79. The van der Waals surface area contributed by atoms with E-state index in [4.69, 9.17) is 0 Å². The number of nitrogens with zero attached hydrogens (tertiary/aromatic N) is 1. The van der Waals surface area contributed by atoms with Crippen LogP contribution in [0.5, 0.6) is 0 Å². The molecule has 0 amide bonds. The van der Waals surface area contributed by atoms with E-state index in [0.717, 1.165) is 25.1 Å². The Bertz CT molecular complexity index is 714. The molecule has 0 bridgehead atoms. The number of carbonyl (C=O) groups is 1. The molecule has 0 atom stereocenters. The summed E-state index contributed by atoms with van der Waals surface area (Å²) >= 11 is 0. The van der Waals surface area contributed by atoms with Gasteiger partial charge in [-0.1, -0.05) is 12.1 Å². The summed E-state index contributed by atoms with van der Waals surface area (Å²) in [6.07, 6.45) is -9.57. The fourth-order valence-corrected chi connectivity index (χ4v) is 1.70. The molecule has 0 fully saturated rings. The number of benzene rings is 1. The van der Waals surface area contributed by atoms with Crippen LogP contribution in [0.4, 0.5) is 26.3 Å². The molecule has 0 aliphatic carbocycles. The van der Waals surface area contributed by atoms with Crippen molar-refractivity contribution >= 4 is 5.78 Å². The molecule has 0 N–H and O–H groups in total. The number of halogens is 6. The molecular formula is C13H7F6NO2. The summed E-state index contributed by atoms with van der Waals surface area (Å²) in [7, 11) is 0. The summed E-state index contributed by atoms with van der Waals surface area (Å²) in [5.41, 5.74) is -1.89. The smallest absolute Gasteiger partial charge is 0.429 e. The maximum Gasteiger partial charge on any atom is 0.468 e. The van der Waals surface area contributed by atoms with Crippen molar-refractivity contribution in [3.05, 3.63) is 52.7 Å². The molecule has 2 rings (SSSR count). The van der Waals surface area contributed by atoms with Crippen LogP contribution in [0.1, 0.15) is 33.3 Å². The molecule has 3 nitrogen and oxygen atoms in total. The van der Waals surface area contributed by atoms with Crippen LogP contribution in [0.25, 0.3) is 0 Å². The average molecular weight is 323 g/mol. The van der Waals surface area contributed by atoms with Crippen molar-refractivity contribution in [2.24, 2.45) is 0 Å². The largest absolute Gasteiger partial charge is 0.468 e. The van der Waals surface area contributed by atoms with Gasteiger partial charge in [0.05, 0.1) is 11.3 Å². The zero-order valence-corrected chi connectivity index (χ0v) is 10.8. The van der Waals surface area contributed by atoms with E-state index in [1.807, 2.05) is 0 Å². The third-order valence-electron chi connectivity index (χ3n) is 2.70. The number of hydrogen-bond acceptors (Lipinski definition) is 3. The normalized spacial score (nSPS) is 12.5. The molecular weight excluding hydrogens is 316 g/mol. The van der Waals surface area contributed by atoms with Gasteiger partial charge in [0.25, 0.3) is 0 Å². The lowest BCUT2D eigenvalue weighted by Gasteiger charge is -2.07. The van der Waals surface area contributed by atoms with Crippen LogP contribution in [0.2, 0.25) is 0 Å². The van der Waals surface area contributed by atoms with Crippen molar-refractivity contribution in [2.75, 3.05) is 0 Å². The van der Waals surface area contributed by atoms with E-state index in [1.54, 1.807) is 0 Å². The number of hydrogen-bond donors (Lipinski definition) is 0. The van der Waals surface area contributed by atoms with Crippen molar-refractivity contribution in [1.29, 1.82) is 0 Å². The van der Waals surface area contributed by atoms with Crippen molar-refractivity contribution < 1.29 is 35.6 Å². The summed E-state index contributed by atoms with van der Waals surface area (Å²) in [5.74, 6) is -3.47. The monoisotopic (exact) mass is 323 g/mol. The van der Waals surface area contributed by atoms with Gasteiger partial charge < -0.3 is 4.42 Å². The van der Waals surface area contributed by atoms with Gasteiger partial charge in [-0.15, -0.1) is 0 Å². The van der Waals surface area contributed by atoms with Gasteiger partial charge in [-0.25, -0.2) is 4.98 Å². The number of aromatic nitrogens is 1. The van der Waals surface area contributed by atoms with Crippen molar-refractivity contribution in [1.82, 2.24) is 4.98 Å². The molecule has 0 radical (unpaired) electrons. The van der Waals surface area contributed by atoms with E-state index in [0.29, 0.717) is 6.07 Å². The van der Waals surface area contributed by atoms with Crippen LogP contribution in [-0.2, 0) is 12.4 Å². The highest BCUT2D eigenvalue weighted by atomic mass is 19.4.